The van der Waals surface area contributed by atoms with Gasteiger partial charge in [0.2, 0.25) is 0 Å². The van der Waals surface area contributed by atoms with Crippen molar-refractivity contribution in [1.82, 2.24) is 15.1 Å². The van der Waals surface area contributed by atoms with E-state index in [1.807, 2.05) is 102 Å². The number of hydrogen-bond acceptors (Lipinski definition) is 7. The number of amides is 2. The summed E-state index contributed by atoms with van der Waals surface area (Å²) in [6, 6.07) is 18.4. The molecule has 3 rings (SSSR count). The van der Waals surface area contributed by atoms with E-state index >= 15 is 0 Å². The number of piperazine rings is 1. The number of benzene rings is 2. The Labute approximate surface area is 237 Å². The Hall–Kier alpha value is -3.59. The van der Waals surface area contributed by atoms with Crippen molar-refractivity contribution in [3.8, 4) is 0 Å². The number of esters is 1. The number of nitrogens with one attached hydrogen (secondary N) is 1. The van der Waals surface area contributed by atoms with Gasteiger partial charge in [0.1, 0.15) is 17.8 Å². The molecule has 0 saturated carbocycles. The summed E-state index contributed by atoms with van der Waals surface area (Å²) in [6.45, 7) is 12.3. The maximum absolute atomic E-state index is 13.1. The van der Waals surface area contributed by atoms with E-state index in [-0.39, 0.29) is 31.6 Å². The van der Waals surface area contributed by atoms with Crippen LogP contribution in [0.3, 0.4) is 0 Å². The fourth-order valence-corrected chi connectivity index (χ4v) is 4.32. The van der Waals surface area contributed by atoms with Crippen LogP contribution in [0.1, 0.15) is 65.1 Å². The van der Waals surface area contributed by atoms with Crippen molar-refractivity contribution in [2.24, 2.45) is 0 Å². The molecule has 2 amide bonds. The van der Waals surface area contributed by atoms with E-state index in [0.29, 0.717) is 19.6 Å². The van der Waals surface area contributed by atoms with Gasteiger partial charge in [-0.3, -0.25) is 4.79 Å². The van der Waals surface area contributed by atoms with E-state index in [4.69, 9.17) is 14.2 Å². The van der Waals surface area contributed by atoms with Gasteiger partial charge in [-0.1, -0.05) is 60.7 Å². The zero-order valence-electron chi connectivity index (χ0n) is 24.5. The summed E-state index contributed by atoms with van der Waals surface area (Å²) in [7, 11) is 0. The molecule has 0 aliphatic carbocycles. The molecule has 9 heteroatoms. The smallest absolute Gasteiger partial charge is 0.410 e. The average molecular weight is 554 g/mol. The molecule has 0 radical (unpaired) electrons. The van der Waals surface area contributed by atoms with Gasteiger partial charge < -0.3 is 29.3 Å². The largest absolute Gasteiger partial charge is 0.461 e. The predicted octanol–water partition coefficient (Wildman–Crippen LogP) is 5.31. The van der Waals surface area contributed by atoms with Crippen LogP contribution in [0.4, 0.5) is 9.59 Å². The van der Waals surface area contributed by atoms with E-state index < -0.39 is 29.4 Å². The van der Waals surface area contributed by atoms with E-state index in [0.717, 1.165) is 11.1 Å². The van der Waals surface area contributed by atoms with Crippen LogP contribution < -0.4 is 5.32 Å². The second-order valence-electron chi connectivity index (χ2n) is 12.0. The van der Waals surface area contributed by atoms with Crippen LogP contribution in [-0.2, 0) is 25.6 Å². The van der Waals surface area contributed by atoms with E-state index in [1.54, 1.807) is 9.80 Å². The third-order valence-corrected chi connectivity index (χ3v) is 6.18. The van der Waals surface area contributed by atoms with Crippen molar-refractivity contribution in [1.29, 1.82) is 0 Å². The van der Waals surface area contributed by atoms with Crippen molar-refractivity contribution in [2.75, 3.05) is 26.2 Å². The Balaban J connectivity index is 1.73. The molecule has 0 spiro atoms. The van der Waals surface area contributed by atoms with Crippen LogP contribution in [0, 0.1) is 0 Å². The number of rotatable bonds is 8. The molecule has 0 bridgehead atoms. The molecule has 1 unspecified atom stereocenters. The summed E-state index contributed by atoms with van der Waals surface area (Å²) in [6.07, 6.45) is -0.765. The molecule has 1 fully saturated rings. The number of carbonyl (C=O) groups is 3. The van der Waals surface area contributed by atoms with Crippen LogP contribution in [-0.4, -0.2) is 71.4 Å². The maximum atomic E-state index is 13.1. The zero-order valence-corrected chi connectivity index (χ0v) is 24.5. The Kier molecular flexibility index (Phi) is 10.6. The first-order chi connectivity index (χ1) is 18.8. The zero-order chi connectivity index (χ0) is 29.3. The van der Waals surface area contributed by atoms with Gasteiger partial charge in [0.05, 0.1) is 12.5 Å². The van der Waals surface area contributed by atoms with Crippen LogP contribution >= 0.6 is 0 Å². The van der Waals surface area contributed by atoms with Gasteiger partial charge in [-0.15, -0.1) is 0 Å². The lowest BCUT2D eigenvalue weighted by atomic mass is 10.0. The van der Waals surface area contributed by atoms with Crippen molar-refractivity contribution < 1.29 is 28.6 Å². The first kappa shape index (κ1) is 30.9. The minimum absolute atomic E-state index is 0.103. The number of hydrogen-bond donors (Lipinski definition) is 1. The molecule has 2 aromatic carbocycles. The Morgan fingerprint density at radius 1 is 0.850 bits per heavy atom. The van der Waals surface area contributed by atoms with Gasteiger partial charge >= 0.3 is 18.2 Å². The third kappa shape index (κ3) is 10.2. The highest BCUT2D eigenvalue weighted by Crippen LogP contribution is 2.21. The van der Waals surface area contributed by atoms with Crippen molar-refractivity contribution >= 4 is 18.2 Å². The SMILES string of the molecule is CC(C)(C)OC(=O)N1CCN(C(=O)OC(C)(C)C)[C@H](CNC(CC(=O)OCc2ccccc2)c2ccccc2)C1. The first-order valence-corrected chi connectivity index (χ1v) is 13.8. The monoisotopic (exact) mass is 553 g/mol. The molecule has 1 aliphatic rings. The predicted molar refractivity (Wildman–Crippen MR) is 153 cm³/mol. The lowest BCUT2D eigenvalue weighted by Gasteiger charge is -2.42. The molecule has 1 aliphatic heterocycles. The molecular formula is C31H43N3O6. The fourth-order valence-electron chi connectivity index (χ4n) is 4.32. The molecular weight excluding hydrogens is 510 g/mol. The highest BCUT2D eigenvalue weighted by Gasteiger charge is 2.36. The molecule has 2 aromatic rings. The summed E-state index contributed by atoms with van der Waals surface area (Å²) in [5.41, 5.74) is 0.540. The molecule has 218 valence electrons. The van der Waals surface area contributed by atoms with Gasteiger partial charge in [0, 0.05) is 32.2 Å². The summed E-state index contributed by atoms with van der Waals surface area (Å²) < 4.78 is 16.8. The summed E-state index contributed by atoms with van der Waals surface area (Å²) >= 11 is 0. The van der Waals surface area contributed by atoms with Gasteiger partial charge in [0.25, 0.3) is 0 Å². The number of ether oxygens (including phenoxy) is 3. The molecule has 2 atom stereocenters. The molecule has 0 aromatic heterocycles. The van der Waals surface area contributed by atoms with Gasteiger partial charge in [-0.25, -0.2) is 9.59 Å². The van der Waals surface area contributed by atoms with E-state index in [9.17, 15) is 14.4 Å². The normalized spacial score (nSPS) is 16.7. The quantitative estimate of drug-likeness (QED) is 0.350. The van der Waals surface area contributed by atoms with Crippen molar-refractivity contribution in [3.63, 3.8) is 0 Å². The van der Waals surface area contributed by atoms with Crippen LogP contribution in [0.2, 0.25) is 0 Å². The van der Waals surface area contributed by atoms with Crippen molar-refractivity contribution in [2.45, 2.75) is 77.9 Å². The summed E-state index contributed by atoms with van der Waals surface area (Å²) in [4.78, 5) is 42.1. The lowest BCUT2D eigenvalue weighted by Crippen LogP contribution is -2.60. The van der Waals surface area contributed by atoms with Crippen LogP contribution in [0.15, 0.2) is 60.7 Å². The number of nitrogens with zero attached hydrogens (tertiary/aromatic N) is 2. The molecule has 40 heavy (non-hydrogen) atoms. The Morgan fingerprint density at radius 3 is 2.02 bits per heavy atom. The average Bonchev–Trinajstić information content (AvgIpc) is 2.89. The second kappa shape index (κ2) is 13.7. The third-order valence-electron chi connectivity index (χ3n) is 6.18. The first-order valence-electron chi connectivity index (χ1n) is 13.8. The maximum Gasteiger partial charge on any atom is 0.410 e. The Bertz CT molecular complexity index is 1110. The minimum Gasteiger partial charge on any atom is -0.461 e. The van der Waals surface area contributed by atoms with E-state index in [1.165, 1.54) is 0 Å². The lowest BCUT2D eigenvalue weighted by molar-refractivity contribution is -0.145. The summed E-state index contributed by atoms with van der Waals surface area (Å²) in [5.74, 6) is -0.340. The highest BCUT2D eigenvalue weighted by atomic mass is 16.6. The standard InChI is InChI=1S/C31H43N3O6/c1-30(2,3)39-28(36)33-17-18-34(29(37)40-31(4,5)6)25(21-33)20-32-26(24-15-11-8-12-16-24)19-27(35)38-22-23-13-9-7-10-14-23/h7-16,25-26,32H,17-22H2,1-6H3/t25-,26?/m1/s1. The van der Waals surface area contributed by atoms with E-state index in [2.05, 4.69) is 5.32 Å². The fraction of sp³-hybridized carbons (Fsp3) is 0.516. The van der Waals surface area contributed by atoms with Crippen LogP contribution in [0.5, 0.6) is 0 Å². The van der Waals surface area contributed by atoms with Gasteiger partial charge in [-0.2, -0.15) is 0 Å². The molecule has 1 saturated heterocycles. The topological polar surface area (TPSA) is 97.4 Å². The summed E-state index contributed by atoms with van der Waals surface area (Å²) in [5, 5.41) is 3.46. The molecule has 9 nitrogen and oxygen atoms in total. The van der Waals surface area contributed by atoms with Crippen molar-refractivity contribution in [3.05, 3.63) is 71.8 Å². The van der Waals surface area contributed by atoms with Crippen LogP contribution in [0.25, 0.3) is 0 Å². The Morgan fingerprint density at radius 2 is 1.43 bits per heavy atom. The molecule has 1 heterocycles. The number of carbonyl (C=O) groups excluding carboxylic acids is 3. The highest BCUT2D eigenvalue weighted by molar-refractivity contribution is 5.72. The van der Waals surface area contributed by atoms with Gasteiger partial charge in [0.15, 0.2) is 0 Å². The second-order valence-corrected chi connectivity index (χ2v) is 12.0. The molecule has 1 N–H and O–H groups in total. The minimum atomic E-state index is -0.660. The van der Waals surface area contributed by atoms with Gasteiger partial charge in [-0.05, 0) is 52.7 Å².